The van der Waals surface area contributed by atoms with Crippen LogP contribution in [-0.4, -0.2) is 6.04 Å². The van der Waals surface area contributed by atoms with Crippen LogP contribution in [0.1, 0.15) is 106 Å². The highest BCUT2D eigenvalue weighted by Gasteiger charge is 2.24. The third-order valence-corrected chi connectivity index (χ3v) is 2.97. The van der Waals surface area contributed by atoms with Gasteiger partial charge < -0.3 is 0 Å². The number of nitrogens with zero attached hydrogens (tertiary/aromatic N) is 2. The number of hydrogen-bond donors (Lipinski definition) is 0. The van der Waals surface area contributed by atoms with Crippen LogP contribution in [0.25, 0.3) is 4.98 Å². The molecule has 0 bridgehead atoms. The third kappa shape index (κ3) is 28.1. The molecule has 0 aromatic carbocycles. The van der Waals surface area contributed by atoms with Gasteiger partial charge in [-0.25, -0.2) is 0 Å². The van der Waals surface area contributed by atoms with E-state index in [1.54, 1.807) is 0 Å². The van der Waals surface area contributed by atoms with Gasteiger partial charge in [0.15, 0.2) is 0 Å². The molecule has 2 saturated carbocycles. The van der Waals surface area contributed by atoms with Gasteiger partial charge >= 0.3 is 6.04 Å². The number of diazo groups is 1. The highest BCUT2D eigenvalue weighted by molar-refractivity contribution is 5.02. The molecule has 0 aliphatic heterocycles. The molecule has 2 heteroatoms. The summed E-state index contributed by atoms with van der Waals surface area (Å²) < 4.78 is 0. The lowest BCUT2D eigenvalue weighted by Crippen LogP contribution is -1.88. The normalized spacial score (nSPS) is 16.6. The number of hydrogen-bond acceptors (Lipinski definition) is 1. The molecule has 2 nitrogen and oxygen atoms in total. The standard InChI is InChI=1S/C5H9N2.C5H10.C3H4.3C2H6/c6-7-5-3-1-2-4-5;1-2-4-5-3-1;1-2-3-1;3*1-2/h5H,1-4H2;1-5H2;1-2H,3H2;3*1-2H3/q+1;;;;;. The van der Waals surface area contributed by atoms with E-state index in [2.05, 4.69) is 17.1 Å². The predicted molar refractivity (Wildman–Crippen MR) is 98.2 cm³/mol. The molecule has 2 fully saturated rings. The van der Waals surface area contributed by atoms with Gasteiger partial charge in [0.2, 0.25) is 5.39 Å². The van der Waals surface area contributed by atoms with E-state index in [1.807, 2.05) is 41.5 Å². The predicted octanol–water partition coefficient (Wildman–Crippen LogP) is 7.76. The molecule has 126 valence electrons. The first-order valence-electron chi connectivity index (χ1n) is 9.42. The Hall–Kier alpha value is -0.840. The summed E-state index contributed by atoms with van der Waals surface area (Å²) in [4.78, 5) is 3.19. The molecule has 0 heterocycles. The van der Waals surface area contributed by atoms with Crippen molar-refractivity contribution in [1.29, 1.82) is 5.39 Å². The summed E-state index contributed by atoms with van der Waals surface area (Å²) in [6.07, 6.45) is 17.7. The van der Waals surface area contributed by atoms with E-state index in [1.165, 1.54) is 51.4 Å². The van der Waals surface area contributed by atoms with Gasteiger partial charge in [0, 0.05) is 12.8 Å². The lowest BCUT2D eigenvalue weighted by Gasteiger charge is -1.73. The largest absolute Gasteiger partial charge is 0.314 e. The minimum Gasteiger partial charge on any atom is -0.0844 e. The maximum Gasteiger partial charge on any atom is 0.314 e. The molecule has 0 atom stereocenters. The Morgan fingerprint density at radius 1 is 0.667 bits per heavy atom. The van der Waals surface area contributed by atoms with Crippen molar-refractivity contribution in [3.05, 3.63) is 17.1 Å². The van der Waals surface area contributed by atoms with Crippen LogP contribution in [0, 0.1) is 5.39 Å². The second-order valence-electron chi connectivity index (χ2n) is 4.53. The van der Waals surface area contributed by atoms with Gasteiger partial charge in [-0.15, -0.1) is 0 Å². The van der Waals surface area contributed by atoms with Crippen LogP contribution >= 0.6 is 0 Å². The summed E-state index contributed by atoms with van der Waals surface area (Å²) in [6, 6.07) is 0.278. The van der Waals surface area contributed by atoms with E-state index in [-0.39, 0.29) is 6.04 Å². The second kappa shape index (κ2) is 27.5. The van der Waals surface area contributed by atoms with Gasteiger partial charge in [-0.3, -0.25) is 0 Å². The van der Waals surface area contributed by atoms with Gasteiger partial charge in [-0.2, -0.15) is 0 Å². The zero-order chi connectivity index (χ0) is 16.8. The van der Waals surface area contributed by atoms with Gasteiger partial charge in [-0.05, 0) is 19.3 Å². The fraction of sp³-hybridized carbons (Fsp3) is 0.895. The van der Waals surface area contributed by atoms with Crippen LogP contribution < -0.4 is 0 Å². The van der Waals surface area contributed by atoms with Crippen molar-refractivity contribution in [2.24, 2.45) is 0 Å². The van der Waals surface area contributed by atoms with Crippen LogP contribution in [0.5, 0.6) is 0 Å². The molecule has 3 aliphatic rings. The van der Waals surface area contributed by atoms with Crippen LogP contribution in [0.2, 0.25) is 0 Å². The third-order valence-electron chi connectivity index (χ3n) is 2.97. The molecule has 0 saturated heterocycles. The Labute approximate surface area is 135 Å². The van der Waals surface area contributed by atoms with Crippen molar-refractivity contribution in [3.63, 3.8) is 0 Å². The van der Waals surface area contributed by atoms with Crippen LogP contribution in [0.4, 0.5) is 0 Å². The molecule has 0 amide bonds. The molecule has 3 rings (SSSR count). The van der Waals surface area contributed by atoms with Gasteiger partial charge in [0.1, 0.15) is 4.98 Å². The van der Waals surface area contributed by atoms with E-state index in [9.17, 15) is 0 Å². The van der Waals surface area contributed by atoms with Crippen molar-refractivity contribution < 1.29 is 0 Å². The molecule has 3 aliphatic carbocycles. The quantitative estimate of drug-likeness (QED) is 0.331. The summed E-state index contributed by atoms with van der Waals surface area (Å²) in [5.74, 6) is 0. The van der Waals surface area contributed by atoms with Crippen LogP contribution in [-0.2, 0) is 0 Å². The molecule has 0 unspecified atom stereocenters. The maximum absolute atomic E-state index is 8.19. The van der Waals surface area contributed by atoms with Crippen molar-refractivity contribution in [1.82, 2.24) is 0 Å². The Kier molecular flexibility index (Phi) is 32.9. The van der Waals surface area contributed by atoms with Gasteiger partial charge in [-0.1, -0.05) is 85.8 Å². The maximum atomic E-state index is 8.19. The molecule has 0 aromatic heterocycles. The number of allylic oxidation sites excluding steroid dienone is 2. The van der Waals surface area contributed by atoms with Crippen LogP contribution in [0.3, 0.4) is 0 Å². The summed E-state index contributed by atoms with van der Waals surface area (Å²) in [7, 11) is 0. The zero-order valence-electron chi connectivity index (χ0n) is 15.7. The Bertz CT molecular complexity index is 194. The fourth-order valence-electron chi connectivity index (χ4n) is 1.90. The Morgan fingerprint density at radius 3 is 1.10 bits per heavy atom. The van der Waals surface area contributed by atoms with E-state index < -0.39 is 0 Å². The highest BCUT2D eigenvalue weighted by Crippen LogP contribution is 2.20. The first kappa shape index (κ1) is 25.1. The Balaban J connectivity index is -0.000000205. The molecule has 0 radical (unpaired) electrons. The Morgan fingerprint density at radius 2 is 0.952 bits per heavy atom. The molecular formula is C19H41N2+. The van der Waals surface area contributed by atoms with E-state index in [0.717, 1.165) is 12.8 Å². The summed E-state index contributed by atoms with van der Waals surface area (Å²) in [6.45, 7) is 12.0. The lowest BCUT2D eigenvalue weighted by atomic mass is 10.3. The minimum atomic E-state index is 0.278. The van der Waals surface area contributed by atoms with Crippen molar-refractivity contribution in [2.75, 3.05) is 0 Å². The molecule has 21 heavy (non-hydrogen) atoms. The molecule has 0 aromatic rings. The average Bonchev–Trinajstić information content (AvgIpc) is 3.17. The smallest absolute Gasteiger partial charge is 0.0844 e. The molecule has 0 N–H and O–H groups in total. The first-order chi connectivity index (χ1) is 10.4. The highest BCUT2D eigenvalue weighted by atomic mass is 14.9. The molecular weight excluding hydrogens is 256 g/mol. The molecule has 0 spiro atoms. The second-order valence-corrected chi connectivity index (χ2v) is 4.53. The summed E-state index contributed by atoms with van der Waals surface area (Å²) in [5, 5.41) is 8.19. The topological polar surface area (TPSA) is 28.1 Å². The van der Waals surface area contributed by atoms with Crippen LogP contribution in [0.15, 0.2) is 12.2 Å². The van der Waals surface area contributed by atoms with E-state index in [4.69, 9.17) is 5.39 Å². The van der Waals surface area contributed by atoms with E-state index >= 15 is 0 Å². The van der Waals surface area contributed by atoms with Crippen molar-refractivity contribution in [2.45, 2.75) is 112 Å². The average molecular weight is 298 g/mol. The zero-order valence-corrected chi connectivity index (χ0v) is 15.7. The number of rotatable bonds is 0. The van der Waals surface area contributed by atoms with Crippen molar-refractivity contribution >= 4 is 0 Å². The fourth-order valence-corrected chi connectivity index (χ4v) is 1.90. The van der Waals surface area contributed by atoms with Crippen molar-refractivity contribution in [3.8, 4) is 0 Å². The van der Waals surface area contributed by atoms with Gasteiger partial charge in [0.25, 0.3) is 0 Å². The lowest BCUT2D eigenvalue weighted by molar-refractivity contribution is 0.791. The van der Waals surface area contributed by atoms with E-state index in [0.29, 0.717) is 0 Å². The first-order valence-corrected chi connectivity index (χ1v) is 9.42. The summed E-state index contributed by atoms with van der Waals surface area (Å²) >= 11 is 0. The SMILES string of the molecule is C1=CC1.C1CCCC1.CC.CC.CC.N#[N+]C1CCCC1. The monoisotopic (exact) mass is 297 g/mol. The minimum absolute atomic E-state index is 0.278. The van der Waals surface area contributed by atoms with Gasteiger partial charge in [0.05, 0.1) is 0 Å². The summed E-state index contributed by atoms with van der Waals surface area (Å²) in [5.41, 5.74) is 0.